The van der Waals surface area contributed by atoms with Crippen molar-refractivity contribution in [3.63, 3.8) is 0 Å². The molecule has 2 aromatic carbocycles. The Morgan fingerprint density at radius 2 is 1.85 bits per heavy atom. The second kappa shape index (κ2) is 8.19. The van der Waals surface area contributed by atoms with Crippen LogP contribution in [0.5, 0.6) is 11.5 Å². The summed E-state index contributed by atoms with van der Waals surface area (Å²) in [4.78, 5) is 2.43. The summed E-state index contributed by atoms with van der Waals surface area (Å²) in [6.45, 7) is 1.42. The molecule has 0 saturated heterocycles. The highest BCUT2D eigenvalue weighted by Crippen LogP contribution is 2.29. The van der Waals surface area contributed by atoms with Gasteiger partial charge >= 0.3 is 0 Å². The van der Waals surface area contributed by atoms with E-state index in [2.05, 4.69) is 34.9 Å². The average molecular weight is 391 g/mol. The maximum atomic E-state index is 12.6. The number of anilines is 1. The SMILES string of the molecule is COc1ccc(S(=O)(=O)NCCc2ccc3c(c2)CCCN3C)cc1OC. The van der Waals surface area contributed by atoms with E-state index in [-0.39, 0.29) is 4.90 Å². The van der Waals surface area contributed by atoms with Gasteiger partial charge in [0.1, 0.15) is 0 Å². The van der Waals surface area contributed by atoms with Gasteiger partial charge in [0.25, 0.3) is 0 Å². The lowest BCUT2D eigenvalue weighted by atomic mass is 9.98. The molecule has 6 nitrogen and oxygen atoms in total. The van der Waals surface area contributed by atoms with Crippen LogP contribution < -0.4 is 19.1 Å². The first kappa shape index (κ1) is 19.5. The number of ether oxygens (including phenoxy) is 2. The highest BCUT2D eigenvalue weighted by Gasteiger charge is 2.17. The van der Waals surface area contributed by atoms with Crippen molar-refractivity contribution in [1.29, 1.82) is 0 Å². The van der Waals surface area contributed by atoms with E-state index < -0.39 is 10.0 Å². The molecule has 7 heteroatoms. The summed E-state index contributed by atoms with van der Waals surface area (Å²) in [5, 5.41) is 0. The van der Waals surface area contributed by atoms with E-state index in [4.69, 9.17) is 9.47 Å². The number of rotatable bonds is 7. The molecular formula is C20H26N2O4S. The van der Waals surface area contributed by atoms with E-state index in [0.717, 1.165) is 24.9 Å². The van der Waals surface area contributed by atoms with Crippen molar-refractivity contribution in [2.24, 2.45) is 0 Å². The number of aryl methyl sites for hydroxylation is 1. The molecule has 0 unspecified atom stereocenters. The number of hydrogen-bond acceptors (Lipinski definition) is 5. The van der Waals surface area contributed by atoms with Crippen molar-refractivity contribution in [3.05, 3.63) is 47.5 Å². The second-order valence-corrected chi connectivity index (χ2v) is 8.42. The molecular weight excluding hydrogens is 364 g/mol. The van der Waals surface area contributed by atoms with Crippen LogP contribution >= 0.6 is 0 Å². The third-order valence-electron chi connectivity index (χ3n) is 4.87. The quantitative estimate of drug-likeness (QED) is 0.787. The highest BCUT2D eigenvalue weighted by atomic mass is 32.2. The molecule has 0 amide bonds. The fraction of sp³-hybridized carbons (Fsp3) is 0.400. The third kappa shape index (κ3) is 4.36. The average Bonchev–Trinajstić information content (AvgIpc) is 2.67. The molecule has 1 heterocycles. The molecule has 0 bridgehead atoms. The normalized spacial score (nSPS) is 14.0. The van der Waals surface area contributed by atoms with Gasteiger partial charge in [-0.15, -0.1) is 0 Å². The van der Waals surface area contributed by atoms with Crippen molar-refractivity contribution >= 4 is 15.7 Å². The van der Waals surface area contributed by atoms with Gasteiger partial charge in [0, 0.05) is 31.9 Å². The number of methoxy groups -OCH3 is 2. The van der Waals surface area contributed by atoms with E-state index in [1.807, 2.05) is 0 Å². The van der Waals surface area contributed by atoms with Gasteiger partial charge in [-0.1, -0.05) is 12.1 Å². The first-order chi connectivity index (χ1) is 12.9. The summed E-state index contributed by atoms with van der Waals surface area (Å²) in [6.07, 6.45) is 2.87. The van der Waals surface area contributed by atoms with Crippen LogP contribution in [0.4, 0.5) is 5.69 Å². The molecule has 1 aliphatic rings. The van der Waals surface area contributed by atoms with Crippen molar-refractivity contribution in [2.75, 3.05) is 39.3 Å². The number of nitrogens with zero attached hydrogens (tertiary/aromatic N) is 1. The Balaban J connectivity index is 1.66. The molecule has 0 spiro atoms. The van der Waals surface area contributed by atoms with E-state index in [9.17, 15) is 8.42 Å². The zero-order chi connectivity index (χ0) is 19.4. The lowest BCUT2D eigenvalue weighted by Gasteiger charge is -2.27. The van der Waals surface area contributed by atoms with E-state index in [1.165, 1.54) is 37.6 Å². The molecule has 0 aliphatic carbocycles. The van der Waals surface area contributed by atoms with Crippen LogP contribution in [0.15, 0.2) is 41.3 Å². The maximum absolute atomic E-state index is 12.6. The minimum atomic E-state index is -3.61. The van der Waals surface area contributed by atoms with Gasteiger partial charge in [-0.3, -0.25) is 0 Å². The molecule has 1 aliphatic heterocycles. The Morgan fingerprint density at radius 1 is 1.07 bits per heavy atom. The van der Waals surface area contributed by atoms with Gasteiger partial charge in [-0.05, 0) is 48.6 Å². The maximum Gasteiger partial charge on any atom is 0.240 e. The topological polar surface area (TPSA) is 67.9 Å². The molecule has 0 aromatic heterocycles. The fourth-order valence-corrected chi connectivity index (χ4v) is 4.44. The van der Waals surface area contributed by atoms with Gasteiger partial charge in [0.2, 0.25) is 10.0 Å². The summed E-state index contributed by atoms with van der Waals surface area (Å²) < 4.78 is 38.1. The Hall–Kier alpha value is -2.25. The van der Waals surface area contributed by atoms with Crippen LogP contribution in [0, 0.1) is 0 Å². The van der Waals surface area contributed by atoms with Gasteiger partial charge in [-0.2, -0.15) is 0 Å². The number of hydrogen-bond donors (Lipinski definition) is 1. The minimum Gasteiger partial charge on any atom is -0.493 e. The summed E-state index contributed by atoms with van der Waals surface area (Å²) in [7, 11) is 1.49. The third-order valence-corrected chi connectivity index (χ3v) is 6.32. The number of benzene rings is 2. The minimum absolute atomic E-state index is 0.159. The molecule has 0 fully saturated rings. The van der Waals surface area contributed by atoms with Crippen LogP contribution in [0.1, 0.15) is 17.5 Å². The highest BCUT2D eigenvalue weighted by molar-refractivity contribution is 7.89. The lowest BCUT2D eigenvalue weighted by molar-refractivity contribution is 0.354. The first-order valence-electron chi connectivity index (χ1n) is 8.99. The molecule has 0 radical (unpaired) electrons. The largest absolute Gasteiger partial charge is 0.493 e. The number of nitrogens with one attached hydrogen (secondary N) is 1. The van der Waals surface area contributed by atoms with Gasteiger partial charge in [0.15, 0.2) is 11.5 Å². The van der Waals surface area contributed by atoms with E-state index in [0.29, 0.717) is 24.5 Å². The zero-order valence-corrected chi connectivity index (χ0v) is 16.8. The van der Waals surface area contributed by atoms with E-state index >= 15 is 0 Å². The van der Waals surface area contributed by atoms with Crippen molar-refractivity contribution in [2.45, 2.75) is 24.2 Å². The van der Waals surface area contributed by atoms with Gasteiger partial charge in [0.05, 0.1) is 19.1 Å². The fourth-order valence-electron chi connectivity index (χ4n) is 3.39. The second-order valence-electron chi connectivity index (χ2n) is 6.65. The molecule has 1 N–H and O–H groups in total. The van der Waals surface area contributed by atoms with Crippen molar-refractivity contribution in [1.82, 2.24) is 4.72 Å². The van der Waals surface area contributed by atoms with Crippen molar-refractivity contribution in [3.8, 4) is 11.5 Å². The predicted molar refractivity (Wildman–Crippen MR) is 106 cm³/mol. The summed E-state index contributed by atoms with van der Waals surface area (Å²) in [5.74, 6) is 0.884. The number of sulfonamides is 1. The van der Waals surface area contributed by atoms with Crippen LogP contribution in [-0.4, -0.2) is 42.8 Å². The van der Waals surface area contributed by atoms with Crippen LogP contribution in [0.2, 0.25) is 0 Å². The molecule has 2 aromatic rings. The number of fused-ring (bicyclic) bond motifs is 1. The van der Waals surface area contributed by atoms with Crippen LogP contribution in [0.3, 0.4) is 0 Å². The summed E-state index contributed by atoms with van der Waals surface area (Å²) in [5.41, 5.74) is 3.75. The van der Waals surface area contributed by atoms with Crippen molar-refractivity contribution < 1.29 is 17.9 Å². The van der Waals surface area contributed by atoms with Crippen LogP contribution in [-0.2, 0) is 22.9 Å². The van der Waals surface area contributed by atoms with Crippen LogP contribution in [0.25, 0.3) is 0 Å². The molecule has 0 saturated carbocycles. The summed E-state index contributed by atoms with van der Waals surface area (Å²) >= 11 is 0. The smallest absolute Gasteiger partial charge is 0.240 e. The van der Waals surface area contributed by atoms with E-state index in [1.54, 1.807) is 6.07 Å². The monoisotopic (exact) mass is 390 g/mol. The first-order valence-corrected chi connectivity index (χ1v) is 10.5. The Bertz CT molecular complexity index is 912. The lowest BCUT2D eigenvalue weighted by Crippen LogP contribution is -2.26. The van der Waals surface area contributed by atoms with Gasteiger partial charge in [-0.25, -0.2) is 13.1 Å². The molecule has 146 valence electrons. The Labute approximate surface area is 161 Å². The molecule has 3 rings (SSSR count). The Morgan fingerprint density at radius 3 is 2.59 bits per heavy atom. The predicted octanol–water partition coefficient (Wildman–Crippen LogP) is 2.61. The standard InChI is InChI=1S/C20H26N2O4S/c1-22-12-4-5-16-13-15(6-8-18(16)22)10-11-21-27(23,24)17-7-9-19(25-2)20(14-17)26-3/h6-9,13-14,21H,4-5,10-12H2,1-3H3. The Kier molecular flexibility index (Phi) is 5.92. The molecule has 27 heavy (non-hydrogen) atoms. The molecule has 0 atom stereocenters. The van der Waals surface area contributed by atoms with Gasteiger partial charge < -0.3 is 14.4 Å². The zero-order valence-electron chi connectivity index (χ0n) is 16.0. The summed E-state index contributed by atoms with van der Waals surface area (Å²) in [6, 6.07) is 11.0.